The number of carbonyl (C=O) groups is 1. The van der Waals surface area contributed by atoms with Crippen molar-refractivity contribution in [3.8, 4) is 0 Å². The van der Waals surface area contributed by atoms with Gasteiger partial charge in [0.15, 0.2) is 0 Å². The molecule has 1 aliphatic heterocycles. The number of carbonyl (C=O) groups excluding carboxylic acids is 1. The number of piperidine rings is 1. The highest BCUT2D eigenvalue weighted by molar-refractivity contribution is 6.33. The quantitative estimate of drug-likeness (QED) is 0.733. The largest absolute Gasteiger partial charge is 0.398 e. The van der Waals surface area contributed by atoms with E-state index in [1.807, 2.05) is 0 Å². The number of nitrogens with zero attached hydrogens (tertiary/aromatic N) is 1. The van der Waals surface area contributed by atoms with Gasteiger partial charge in [0.05, 0.1) is 10.7 Å². The summed E-state index contributed by atoms with van der Waals surface area (Å²) in [6, 6.07) is 14.3. The third-order valence-corrected chi connectivity index (χ3v) is 6.60. The minimum atomic E-state index is 0.0899. The van der Waals surface area contributed by atoms with Gasteiger partial charge < -0.3 is 10.6 Å². The van der Waals surface area contributed by atoms with E-state index in [2.05, 4.69) is 36.1 Å². The highest BCUT2D eigenvalue weighted by Gasteiger charge is 2.41. The zero-order chi connectivity index (χ0) is 19.0. The van der Waals surface area contributed by atoms with Gasteiger partial charge in [0.1, 0.15) is 0 Å². The number of rotatable bonds is 3. The Hall–Kier alpha value is -2.00. The molecule has 1 amide bonds. The fourth-order valence-corrected chi connectivity index (χ4v) is 5.20. The van der Waals surface area contributed by atoms with Crippen molar-refractivity contribution in [2.24, 2.45) is 5.92 Å². The Morgan fingerprint density at radius 1 is 1.26 bits per heavy atom. The Morgan fingerprint density at radius 3 is 2.85 bits per heavy atom. The molecule has 3 unspecified atom stereocenters. The second-order valence-electron chi connectivity index (χ2n) is 8.00. The highest BCUT2D eigenvalue weighted by Crippen LogP contribution is 2.44. The number of hydrogen-bond acceptors (Lipinski definition) is 2. The van der Waals surface area contributed by atoms with Crippen LogP contribution in [0.3, 0.4) is 0 Å². The number of hydrogen-bond donors (Lipinski definition) is 1. The molecule has 2 aromatic carbocycles. The number of amides is 1. The second kappa shape index (κ2) is 7.55. The van der Waals surface area contributed by atoms with Crippen molar-refractivity contribution >= 4 is 23.2 Å². The van der Waals surface area contributed by atoms with Gasteiger partial charge in [-0.3, -0.25) is 4.79 Å². The van der Waals surface area contributed by atoms with Crippen LogP contribution in [-0.2, 0) is 6.42 Å². The summed E-state index contributed by atoms with van der Waals surface area (Å²) in [5.74, 6) is 1.08. The summed E-state index contributed by atoms with van der Waals surface area (Å²) in [5, 5.41) is 0.452. The molecular weight excluding hydrogens is 356 g/mol. The van der Waals surface area contributed by atoms with Crippen molar-refractivity contribution in [2.45, 2.75) is 51.0 Å². The van der Waals surface area contributed by atoms with Crippen LogP contribution in [0.5, 0.6) is 0 Å². The van der Waals surface area contributed by atoms with Gasteiger partial charge in [-0.25, -0.2) is 0 Å². The van der Waals surface area contributed by atoms with Crippen LogP contribution in [0.4, 0.5) is 5.69 Å². The van der Waals surface area contributed by atoms with Gasteiger partial charge in [0.2, 0.25) is 0 Å². The van der Waals surface area contributed by atoms with Gasteiger partial charge in [0, 0.05) is 24.1 Å². The van der Waals surface area contributed by atoms with E-state index in [1.165, 1.54) is 17.5 Å². The number of fused-ring (bicyclic) bond motifs is 3. The van der Waals surface area contributed by atoms with Crippen molar-refractivity contribution in [3.63, 3.8) is 0 Å². The number of aryl methyl sites for hydroxylation is 1. The van der Waals surface area contributed by atoms with E-state index < -0.39 is 0 Å². The van der Waals surface area contributed by atoms with Gasteiger partial charge in [-0.1, -0.05) is 49.2 Å². The summed E-state index contributed by atoms with van der Waals surface area (Å²) in [6.45, 7) is 3.07. The van der Waals surface area contributed by atoms with E-state index in [9.17, 15) is 4.79 Å². The monoisotopic (exact) mass is 382 g/mol. The molecule has 3 nitrogen and oxygen atoms in total. The first kappa shape index (κ1) is 18.4. The molecule has 1 heterocycles. The lowest BCUT2D eigenvalue weighted by Crippen LogP contribution is -2.52. The topological polar surface area (TPSA) is 46.3 Å². The molecule has 2 aromatic rings. The first-order valence-corrected chi connectivity index (χ1v) is 10.4. The fourth-order valence-electron chi connectivity index (χ4n) is 5.02. The van der Waals surface area contributed by atoms with Crippen molar-refractivity contribution in [3.05, 3.63) is 64.2 Å². The molecule has 2 N–H and O–H groups in total. The number of halogens is 1. The van der Waals surface area contributed by atoms with E-state index in [1.54, 1.807) is 18.2 Å². The fraction of sp³-hybridized carbons (Fsp3) is 0.435. The maximum absolute atomic E-state index is 13.4. The van der Waals surface area contributed by atoms with Crippen LogP contribution in [0, 0.1) is 5.92 Å². The van der Waals surface area contributed by atoms with E-state index in [-0.39, 0.29) is 11.9 Å². The Bertz CT molecular complexity index is 850. The average molecular weight is 383 g/mol. The lowest BCUT2D eigenvalue weighted by molar-refractivity contribution is 0.0427. The van der Waals surface area contributed by atoms with E-state index in [4.69, 9.17) is 17.3 Å². The molecule has 3 atom stereocenters. The third kappa shape index (κ3) is 3.45. The number of benzene rings is 2. The first-order valence-electron chi connectivity index (χ1n) is 10.0. The standard InChI is InChI=1S/C23H27ClN2O/c1-2-5-15-12-19-18-7-4-3-6-16(18)9-11-22(19)26(14-15)23(27)17-8-10-21(25)20(24)13-17/h3-4,6-8,10,13,15,19,22H,2,5,9,11-12,14,25H2,1H3. The van der Waals surface area contributed by atoms with E-state index in [0.29, 0.717) is 28.1 Å². The molecule has 27 heavy (non-hydrogen) atoms. The predicted octanol–water partition coefficient (Wildman–Crippen LogP) is 5.28. The zero-order valence-electron chi connectivity index (χ0n) is 15.8. The summed E-state index contributed by atoms with van der Waals surface area (Å²) in [4.78, 5) is 15.5. The van der Waals surface area contributed by atoms with Crippen LogP contribution in [0.25, 0.3) is 0 Å². The molecule has 142 valence electrons. The molecule has 1 fully saturated rings. The number of anilines is 1. The van der Waals surface area contributed by atoms with Gasteiger partial charge in [-0.05, 0) is 60.9 Å². The van der Waals surface area contributed by atoms with Crippen LogP contribution in [0.2, 0.25) is 5.02 Å². The normalized spacial score (nSPS) is 24.2. The summed E-state index contributed by atoms with van der Waals surface area (Å²) in [5.41, 5.74) is 9.89. The number of nitrogens with two attached hydrogens (primary N) is 1. The zero-order valence-corrected chi connectivity index (χ0v) is 16.6. The SMILES string of the molecule is CCCC1CC2c3ccccc3CCC2N(C(=O)c2ccc(N)c(Cl)c2)C1. The number of nitrogen functional groups attached to an aromatic ring is 1. The van der Waals surface area contributed by atoms with Gasteiger partial charge in [-0.15, -0.1) is 0 Å². The van der Waals surface area contributed by atoms with E-state index in [0.717, 1.165) is 32.2 Å². The van der Waals surface area contributed by atoms with Crippen LogP contribution < -0.4 is 5.73 Å². The molecule has 0 saturated carbocycles. The minimum absolute atomic E-state index is 0.0899. The van der Waals surface area contributed by atoms with Crippen molar-refractivity contribution in [1.29, 1.82) is 0 Å². The van der Waals surface area contributed by atoms with Crippen LogP contribution in [0.15, 0.2) is 42.5 Å². The molecule has 4 heteroatoms. The average Bonchev–Trinajstić information content (AvgIpc) is 2.69. The molecule has 2 aliphatic rings. The molecule has 0 bridgehead atoms. The third-order valence-electron chi connectivity index (χ3n) is 6.28. The first-order chi connectivity index (χ1) is 13.1. The smallest absolute Gasteiger partial charge is 0.254 e. The molecule has 0 radical (unpaired) electrons. The second-order valence-corrected chi connectivity index (χ2v) is 8.40. The summed E-state index contributed by atoms with van der Waals surface area (Å²) >= 11 is 6.18. The lowest BCUT2D eigenvalue weighted by atomic mass is 9.71. The molecular formula is C23H27ClN2O. The van der Waals surface area contributed by atoms with Crippen LogP contribution in [0.1, 0.15) is 60.0 Å². The van der Waals surface area contributed by atoms with Crippen molar-refractivity contribution in [2.75, 3.05) is 12.3 Å². The number of likely N-dealkylation sites (tertiary alicyclic amines) is 1. The van der Waals surface area contributed by atoms with Crippen molar-refractivity contribution < 1.29 is 4.79 Å². The Morgan fingerprint density at radius 2 is 2.07 bits per heavy atom. The Labute approximate surface area is 166 Å². The summed E-state index contributed by atoms with van der Waals surface area (Å²) < 4.78 is 0. The molecule has 1 aliphatic carbocycles. The van der Waals surface area contributed by atoms with Crippen LogP contribution >= 0.6 is 11.6 Å². The minimum Gasteiger partial charge on any atom is -0.398 e. The Balaban J connectivity index is 1.68. The van der Waals surface area contributed by atoms with Gasteiger partial charge in [0.25, 0.3) is 5.91 Å². The summed E-state index contributed by atoms with van der Waals surface area (Å²) in [7, 11) is 0. The van der Waals surface area contributed by atoms with Crippen LogP contribution in [-0.4, -0.2) is 23.4 Å². The predicted molar refractivity (Wildman–Crippen MR) is 111 cm³/mol. The molecule has 0 spiro atoms. The highest BCUT2D eigenvalue weighted by atomic mass is 35.5. The van der Waals surface area contributed by atoms with E-state index >= 15 is 0 Å². The Kier molecular flexibility index (Phi) is 5.14. The van der Waals surface area contributed by atoms with Crippen molar-refractivity contribution in [1.82, 2.24) is 4.90 Å². The van der Waals surface area contributed by atoms with Gasteiger partial charge >= 0.3 is 0 Å². The molecule has 0 aromatic heterocycles. The molecule has 1 saturated heterocycles. The van der Waals surface area contributed by atoms with Gasteiger partial charge in [-0.2, -0.15) is 0 Å². The summed E-state index contributed by atoms with van der Waals surface area (Å²) in [6.07, 6.45) is 5.58. The maximum atomic E-state index is 13.4. The molecule has 4 rings (SSSR count). The maximum Gasteiger partial charge on any atom is 0.254 e. The lowest BCUT2D eigenvalue weighted by Gasteiger charge is -2.48.